The molecule has 0 spiro atoms. The van der Waals surface area contributed by atoms with Crippen LogP contribution in [0.1, 0.15) is 41.5 Å². The van der Waals surface area contributed by atoms with Gasteiger partial charge in [-0.15, -0.1) is 0 Å². The largest absolute Gasteiger partial charge is 0.472 e. The van der Waals surface area contributed by atoms with Crippen molar-refractivity contribution >= 4 is 0 Å². The zero-order chi connectivity index (χ0) is 14.0. The van der Waals surface area contributed by atoms with Crippen molar-refractivity contribution in [1.82, 2.24) is 0 Å². The first-order valence-electron chi connectivity index (χ1n) is 6.95. The first-order valence-corrected chi connectivity index (χ1v) is 6.95. The minimum atomic E-state index is 0.0861. The van der Waals surface area contributed by atoms with Gasteiger partial charge in [-0.3, -0.25) is 0 Å². The van der Waals surface area contributed by atoms with Gasteiger partial charge in [0.15, 0.2) is 0 Å². The van der Waals surface area contributed by atoms with E-state index in [1.807, 2.05) is 12.5 Å². The SMILES string of the molecule is CC1=COC=C2C1=CC(C)(C)C1=C(C)C(C)(C)C=C21. The molecule has 0 fully saturated rings. The molecule has 1 nitrogen and oxygen atoms in total. The Bertz CT molecular complexity index is 616. The molecule has 0 aromatic heterocycles. The summed E-state index contributed by atoms with van der Waals surface area (Å²) < 4.78 is 5.50. The standard InChI is InChI=1S/C18H22O/c1-11-9-19-10-15-13(11)7-18(5,6)16-12(2)17(3,4)8-14(15)16/h7-10H,1-6H3. The highest BCUT2D eigenvalue weighted by molar-refractivity contribution is 5.71. The van der Waals surface area contributed by atoms with Gasteiger partial charge < -0.3 is 4.74 Å². The normalized spacial score (nSPS) is 26.6. The second-order valence-electron chi connectivity index (χ2n) is 7.03. The molecule has 0 radical (unpaired) electrons. The summed E-state index contributed by atoms with van der Waals surface area (Å²) in [4.78, 5) is 0. The lowest BCUT2D eigenvalue weighted by atomic mass is 9.69. The van der Waals surface area contributed by atoms with Crippen molar-refractivity contribution in [3.8, 4) is 0 Å². The lowest BCUT2D eigenvalue weighted by Crippen LogP contribution is -2.22. The maximum Gasteiger partial charge on any atom is 0.0985 e. The smallest absolute Gasteiger partial charge is 0.0985 e. The van der Waals surface area contributed by atoms with E-state index in [-0.39, 0.29) is 10.8 Å². The third kappa shape index (κ3) is 1.60. The molecule has 3 rings (SSSR count). The molecule has 19 heavy (non-hydrogen) atoms. The summed E-state index contributed by atoms with van der Waals surface area (Å²) in [6, 6.07) is 0. The van der Waals surface area contributed by atoms with Crippen molar-refractivity contribution in [2.45, 2.75) is 41.5 Å². The maximum atomic E-state index is 5.50. The van der Waals surface area contributed by atoms with Crippen LogP contribution < -0.4 is 0 Å². The van der Waals surface area contributed by atoms with Crippen molar-refractivity contribution < 1.29 is 4.74 Å². The lowest BCUT2D eigenvalue weighted by molar-refractivity contribution is 0.388. The summed E-state index contributed by atoms with van der Waals surface area (Å²) in [7, 11) is 0. The molecule has 0 aromatic carbocycles. The van der Waals surface area contributed by atoms with E-state index >= 15 is 0 Å². The second-order valence-corrected chi connectivity index (χ2v) is 7.03. The molecular formula is C18H22O. The quantitative estimate of drug-likeness (QED) is 0.587. The number of ether oxygens (including phenoxy) is 1. The van der Waals surface area contributed by atoms with Crippen molar-refractivity contribution in [2.75, 3.05) is 0 Å². The van der Waals surface area contributed by atoms with Gasteiger partial charge in [0.05, 0.1) is 12.5 Å². The fraction of sp³-hybridized carbons (Fsp3) is 0.444. The van der Waals surface area contributed by atoms with E-state index < -0.39 is 0 Å². The predicted octanol–water partition coefficient (Wildman–Crippen LogP) is 5.05. The van der Waals surface area contributed by atoms with Gasteiger partial charge in [-0.1, -0.05) is 45.4 Å². The zero-order valence-corrected chi connectivity index (χ0v) is 12.7. The molecule has 1 heterocycles. The first kappa shape index (κ1) is 12.5. The molecule has 0 amide bonds. The summed E-state index contributed by atoms with van der Waals surface area (Å²) in [6.45, 7) is 13.6. The highest BCUT2D eigenvalue weighted by Gasteiger charge is 2.42. The van der Waals surface area contributed by atoms with Gasteiger partial charge >= 0.3 is 0 Å². The third-order valence-electron chi connectivity index (χ3n) is 4.70. The Labute approximate surface area is 116 Å². The Morgan fingerprint density at radius 1 is 0.789 bits per heavy atom. The Morgan fingerprint density at radius 2 is 1.42 bits per heavy atom. The van der Waals surface area contributed by atoms with Crippen LogP contribution in [0, 0.1) is 10.8 Å². The van der Waals surface area contributed by atoms with Crippen LogP contribution in [-0.2, 0) is 4.74 Å². The number of fused-ring (bicyclic) bond motifs is 3. The molecule has 1 heteroatoms. The van der Waals surface area contributed by atoms with E-state index in [2.05, 4.69) is 53.7 Å². The van der Waals surface area contributed by atoms with Crippen LogP contribution in [0.4, 0.5) is 0 Å². The number of hydrogen-bond donors (Lipinski definition) is 0. The fourth-order valence-corrected chi connectivity index (χ4v) is 3.48. The third-order valence-corrected chi connectivity index (χ3v) is 4.70. The molecule has 0 N–H and O–H groups in total. The van der Waals surface area contributed by atoms with Crippen LogP contribution in [0.2, 0.25) is 0 Å². The summed E-state index contributed by atoms with van der Waals surface area (Å²) >= 11 is 0. The molecule has 0 saturated carbocycles. The molecule has 0 atom stereocenters. The van der Waals surface area contributed by atoms with Crippen molar-refractivity contribution in [3.05, 3.63) is 58.1 Å². The average molecular weight is 254 g/mol. The minimum Gasteiger partial charge on any atom is -0.472 e. The molecule has 2 aliphatic carbocycles. The van der Waals surface area contributed by atoms with Crippen LogP contribution in [-0.4, -0.2) is 0 Å². The number of allylic oxidation sites excluding steroid dienone is 8. The topological polar surface area (TPSA) is 9.23 Å². The molecule has 0 bridgehead atoms. The highest BCUT2D eigenvalue weighted by atomic mass is 16.5. The van der Waals surface area contributed by atoms with Gasteiger partial charge in [-0.25, -0.2) is 0 Å². The van der Waals surface area contributed by atoms with Gasteiger partial charge in [-0.05, 0) is 36.1 Å². The van der Waals surface area contributed by atoms with Crippen LogP contribution in [0.25, 0.3) is 0 Å². The zero-order valence-electron chi connectivity index (χ0n) is 12.7. The Morgan fingerprint density at radius 3 is 2.11 bits per heavy atom. The van der Waals surface area contributed by atoms with Gasteiger partial charge in [0.1, 0.15) is 0 Å². The monoisotopic (exact) mass is 254 g/mol. The van der Waals surface area contributed by atoms with E-state index in [0.717, 1.165) is 0 Å². The van der Waals surface area contributed by atoms with E-state index in [1.54, 1.807) is 0 Å². The maximum absolute atomic E-state index is 5.50. The molecule has 3 aliphatic rings. The summed E-state index contributed by atoms with van der Waals surface area (Å²) in [5.74, 6) is 0. The average Bonchev–Trinajstić information content (AvgIpc) is 2.53. The van der Waals surface area contributed by atoms with Gasteiger partial charge in [-0.2, -0.15) is 0 Å². The number of rotatable bonds is 0. The highest BCUT2D eigenvalue weighted by Crippen LogP contribution is 2.55. The Balaban J connectivity index is 2.30. The Hall–Kier alpha value is -1.50. The second kappa shape index (κ2) is 3.53. The van der Waals surface area contributed by atoms with Crippen LogP contribution in [0.5, 0.6) is 0 Å². The lowest BCUT2D eigenvalue weighted by Gasteiger charge is -2.35. The van der Waals surface area contributed by atoms with Crippen molar-refractivity contribution in [1.29, 1.82) is 0 Å². The molecule has 0 saturated heterocycles. The van der Waals surface area contributed by atoms with E-state index in [0.29, 0.717) is 0 Å². The summed E-state index contributed by atoms with van der Waals surface area (Å²) in [6.07, 6.45) is 8.53. The summed E-state index contributed by atoms with van der Waals surface area (Å²) in [5, 5.41) is 0. The van der Waals surface area contributed by atoms with Crippen LogP contribution in [0.3, 0.4) is 0 Å². The number of hydrogen-bond acceptors (Lipinski definition) is 1. The van der Waals surface area contributed by atoms with Gasteiger partial charge in [0.25, 0.3) is 0 Å². The van der Waals surface area contributed by atoms with Crippen LogP contribution >= 0.6 is 0 Å². The Kier molecular flexibility index (Phi) is 2.33. The predicted molar refractivity (Wildman–Crippen MR) is 79.4 cm³/mol. The van der Waals surface area contributed by atoms with E-state index in [4.69, 9.17) is 4.74 Å². The minimum absolute atomic E-state index is 0.0861. The van der Waals surface area contributed by atoms with Crippen LogP contribution in [0.15, 0.2) is 58.1 Å². The van der Waals surface area contributed by atoms with Gasteiger partial charge in [0, 0.05) is 16.4 Å². The molecule has 0 unspecified atom stereocenters. The van der Waals surface area contributed by atoms with Crippen molar-refractivity contribution in [2.24, 2.45) is 10.8 Å². The first-order chi connectivity index (χ1) is 8.74. The molecule has 1 aliphatic heterocycles. The molecular weight excluding hydrogens is 232 g/mol. The summed E-state index contributed by atoms with van der Waals surface area (Å²) in [5.41, 5.74) is 8.35. The van der Waals surface area contributed by atoms with E-state index in [1.165, 1.54) is 33.4 Å². The molecule has 100 valence electrons. The molecule has 0 aromatic rings. The van der Waals surface area contributed by atoms with E-state index in [9.17, 15) is 0 Å². The van der Waals surface area contributed by atoms with Gasteiger partial charge in [0.2, 0.25) is 0 Å². The van der Waals surface area contributed by atoms with Crippen molar-refractivity contribution in [3.63, 3.8) is 0 Å². The fourth-order valence-electron chi connectivity index (χ4n) is 3.48.